The van der Waals surface area contributed by atoms with Crippen molar-refractivity contribution in [2.75, 3.05) is 21.3 Å². The fraction of sp³-hybridized carbons (Fsp3) is 0.250. The molecule has 0 fully saturated rings. The van der Waals surface area contributed by atoms with Gasteiger partial charge in [-0.05, 0) is 119 Å². The summed E-state index contributed by atoms with van der Waals surface area (Å²) in [6, 6.07) is 44.7. The van der Waals surface area contributed by atoms with E-state index in [9.17, 15) is 0 Å². The number of aryl methyl sites for hydroxylation is 4. The van der Waals surface area contributed by atoms with Crippen molar-refractivity contribution in [3.63, 3.8) is 0 Å². The van der Waals surface area contributed by atoms with Gasteiger partial charge in [0.2, 0.25) is 6.29 Å². The molecule has 0 saturated carbocycles. The van der Waals surface area contributed by atoms with Crippen molar-refractivity contribution in [2.45, 2.75) is 58.2 Å². The lowest BCUT2D eigenvalue weighted by molar-refractivity contribution is 0.0425. The highest BCUT2D eigenvalue weighted by molar-refractivity contribution is 5.86. The van der Waals surface area contributed by atoms with Gasteiger partial charge in [0.15, 0.2) is 11.5 Å². The first-order valence-electron chi connectivity index (χ1n) is 18.7. The van der Waals surface area contributed by atoms with Crippen molar-refractivity contribution < 1.29 is 23.7 Å². The van der Waals surface area contributed by atoms with Gasteiger partial charge in [-0.2, -0.15) is 0 Å². The molecule has 6 aromatic carbocycles. The van der Waals surface area contributed by atoms with E-state index in [0.29, 0.717) is 0 Å². The zero-order valence-electron chi connectivity index (χ0n) is 31.2. The van der Waals surface area contributed by atoms with Crippen molar-refractivity contribution in [1.29, 1.82) is 0 Å². The van der Waals surface area contributed by atoms with Crippen LogP contribution >= 0.6 is 0 Å². The fourth-order valence-corrected chi connectivity index (χ4v) is 7.56. The van der Waals surface area contributed by atoms with E-state index in [1.165, 1.54) is 50.1 Å². The number of benzene rings is 6. The number of rotatable bonds is 15. The lowest BCUT2D eigenvalue weighted by Gasteiger charge is -2.23. The molecule has 0 aliphatic carbocycles. The first kappa shape index (κ1) is 35.7. The Kier molecular flexibility index (Phi) is 11.3. The molecule has 5 nitrogen and oxygen atoms in total. The number of para-hydroxylation sites is 1. The van der Waals surface area contributed by atoms with Crippen molar-refractivity contribution >= 4 is 0 Å². The van der Waals surface area contributed by atoms with Gasteiger partial charge in [0.1, 0.15) is 17.2 Å². The van der Waals surface area contributed by atoms with E-state index in [-0.39, 0.29) is 6.29 Å². The Labute approximate surface area is 314 Å². The summed E-state index contributed by atoms with van der Waals surface area (Å²) in [6.07, 6.45) is 5.62. The van der Waals surface area contributed by atoms with Crippen LogP contribution in [-0.4, -0.2) is 27.6 Å². The van der Waals surface area contributed by atoms with Gasteiger partial charge in [-0.25, -0.2) is 0 Å². The van der Waals surface area contributed by atoms with Gasteiger partial charge in [0.05, 0.1) is 21.3 Å². The molecule has 1 unspecified atom stereocenters. The Bertz CT molecular complexity index is 2140. The fourth-order valence-electron chi connectivity index (χ4n) is 7.56. The SMILES string of the molecule is CCc1c(-c2cccc3c2OC(CCc2cccc(OC)c2)O3)ccc(CCc2ccc(OC)cc2)c1-c1cccc(OC)c1CCc1ccccc1. The van der Waals surface area contributed by atoms with Crippen LogP contribution in [0.5, 0.6) is 28.7 Å². The topological polar surface area (TPSA) is 46.2 Å². The molecule has 7 rings (SSSR count). The molecular weight excluding hydrogens is 657 g/mol. The summed E-state index contributed by atoms with van der Waals surface area (Å²) in [5, 5.41) is 0. The smallest absolute Gasteiger partial charge is 0.241 e. The Morgan fingerprint density at radius 1 is 0.509 bits per heavy atom. The normalized spacial score (nSPS) is 13.2. The molecule has 6 aromatic rings. The number of methoxy groups -OCH3 is 3. The summed E-state index contributed by atoms with van der Waals surface area (Å²) >= 11 is 0. The summed E-state index contributed by atoms with van der Waals surface area (Å²) in [6.45, 7) is 2.26. The Hall–Kier alpha value is -5.68. The zero-order chi connectivity index (χ0) is 36.6. The number of ether oxygens (including phenoxy) is 5. The number of hydrogen-bond donors (Lipinski definition) is 0. The highest BCUT2D eigenvalue weighted by Crippen LogP contribution is 2.47. The molecule has 0 spiro atoms. The lowest BCUT2D eigenvalue weighted by atomic mass is 9.82. The van der Waals surface area contributed by atoms with Gasteiger partial charge >= 0.3 is 0 Å². The van der Waals surface area contributed by atoms with Crippen LogP contribution in [0.1, 0.15) is 46.7 Å². The molecule has 5 heteroatoms. The van der Waals surface area contributed by atoms with Crippen LogP contribution in [0.4, 0.5) is 0 Å². The van der Waals surface area contributed by atoms with Crippen molar-refractivity contribution in [1.82, 2.24) is 0 Å². The largest absolute Gasteiger partial charge is 0.497 e. The number of hydrogen-bond acceptors (Lipinski definition) is 5. The lowest BCUT2D eigenvalue weighted by Crippen LogP contribution is -2.18. The standard InChI is InChI=1S/C48H48O5/c1-5-39-40(43-17-11-19-45-48(43)53-46(52-45)31-24-35-14-9-15-38(32-35)50-3)30-26-36(25-20-34-21-27-37(49-2)28-22-34)47(39)42-16-10-18-44(51-4)41(42)29-23-33-12-7-6-8-13-33/h6-19,21-22,26-28,30,32,46H,5,20,23-25,29,31H2,1-4H3. The molecule has 0 radical (unpaired) electrons. The predicted molar refractivity (Wildman–Crippen MR) is 214 cm³/mol. The molecule has 1 heterocycles. The maximum absolute atomic E-state index is 6.63. The summed E-state index contributed by atoms with van der Waals surface area (Å²) in [7, 11) is 5.19. The third kappa shape index (κ3) is 8.05. The van der Waals surface area contributed by atoms with Gasteiger partial charge in [-0.3, -0.25) is 0 Å². The third-order valence-corrected chi connectivity index (χ3v) is 10.3. The molecule has 53 heavy (non-hydrogen) atoms. The molecular formula is C48H48O5. The van der Waals surface area contributed by atoms with Crippen LogP contribution in [0, 0.1) is 0 Å². The average molecular weight is 705 g/mol. The minimum atomic E-state index is -0.367. The average Bonchev–Trinajstić information content (AvgIpc) is 3.65. The molecule has 0 aromatic heterocycles. The van der Waals surface area contributed by atoms with E-state index in [4.69, 9.17) is 23.7 Å². The molecule has 0 saturated heterocycles. The van der Waals surface area contributed by atoms with E-state index in [0.717, 1.165) is 79.3 Å². The van der Waals surface area contributed by atoms with Gasteiger partial charge in [-0.1, -0.05) is 97.9 Å². The molecule has 0 N–H and O–H groups in total. The van der Waals surface area contributed by atoms with Crippen LogP contribution in [0.15, 0.2) is 127 Å². The van der Waals surface area contributed by atoms with Crippen molar-refractivity contribution in [3.8, 4) is 51.0 Å². The van der Waals surface area contributed by atoms with E-state index in [2.05, 4.69) is 104 Å². The first-order valence-corrected chi connectivity index (χ1v) is 18.7. The monoisotopic (exact) mass is 704 g/mol. The first-order chi connectivity index (χ1) is 26.1. The predicted octanol–water partition coefficient (Wildman–Crippen LogP) is 10.9. The van der Waals surface area contributed by atoms with E-state index in [1.54, 1.807) is 21.3 Å². The second-order valence-electron chi connectivity index (χ2n) is 13.5. The van der Waals surface area contributed by atoms with Crippen LogP contribution in [0.2, 0.25) is 0 Å². The van der Waals surface area contributed by atoms with Crippen LogP contribution in [0.25, 0.3) is 22.3 Å². The Morgan fingerprint density at radius 2 is 1.23 bits per heavy atom. The maximum atomic E-state index is 6.63. The summed E-state index contributed by atoms with van der Waals surface area (Å²) < 4.78 is 30.0. The molecule has 0 bridgehead atoms. The Morgan fingerprint density at radius 3 is 2.00 bits per heavy atom. The van der Waals surface area contributed by atoms with Crippen LogP contribution in [0.3, 0.4) is 0 Å². The van der Waals surface area contributed by atoms with Gasteiger partial charge < -0.3 is 23.7 Å². The minimum Gasteiger partial charge on any atom is -0.497 e. The molecule has 1 aliphatic heterocycles. The summed E-state index contributed by atoms with van der Waals surface area (Å²) in [4.78, 5) is 0. The van der Waals surface area contributed by atoms with Gasteiger partial charge in [-0.15, -0.1) is 0 Å². The molecule has 1 aliphatic rings. The quantitative estimate of drug-likeness (QED) is 0.106. The number of fused-ring (bicyclic) bond motifs is 1. The third-order valence-electron chi connectivity index (χ3n) is 10.3. The highest BCUT2D eigenvalue weighted by Gasteiger charge is 2.29. The van der Waals surface area contributed by atoms with Crippen molar-refractivity contribution in [2.24, 2.45) is 0 Å². The van der Waals surface area contributed by atoms with E-state index < -0.39 is 0 Å². The zero-order valence-corrected chi connectivity index (χ0v) is 31.2. The van der Waals surface area contributed by atoms with E-state index >= 15 is 0 Å². The van der Waals surface area contributed by atoms with Gasteiger partial charge in [0.25, 0.3) is 0 Å². The molecule has 0 amide bonds. The molecule has 270 valence electrons. The molecule has 1 atom stereocenters. The minimum absolute atomic E-state index is 0.367. The van der Waals surface area contributed by atoms with Crippen LogP contribution < -0.4 is 23.7 Å². The Balaban J connectivity index is 1.27. The van der Waals surface area contributed by atoms with Gasteiger partial charge in [0, 0.05) is 17.5 Å². The maximum Gasteiger partial charge on any atom is 0.241 e. The highest BCUT2D eigenvalue weighted by atomic mass is 16.7. The second kappa shape index (κ2) is 16.8. The summed E-state index contributed by atoms with van der Waals surface area (Å²) in [5.74, 6) is 4.25. The van der Waals surface area contributed by atoms with E-state index in [1.807, 2.05) is 30.3 Å². The summed E-state index contributed by atoms with van der Waals surface area (Å²) in [5.41, 5.74) is 12.4. The van der Waals surface area contributed by atoms with Crippen LogP contribution in [-0.2, 0) is 38.5 Å². The van der Waals surface area contributed by atoms with Crippen molar-refractivity contribution in [3.05, 3.63) is 161 Å². The second-order valence-corrected chi connectivity index (χ2v) is 13.5.